The molecule has 4 rings (SSSR count). The first-order valence-electron chi connectivity index (χ1n) is 10.1. The highest BCUT2D eigenvalue weighted by Gasteiger charge is 2.45. The van der Waals surface area contributed by atoms with Gasteiger partial charge in [-0.2, -0.15) is 13.2 Å². The molecule has 4 nitrogen and oxygen atoms in total. The molecule has 1 aromatic heterocycles. The molecule has 0 unspecified atom stereocenters. The number of amides is 1. The molecule has 0 spiro atoms. The minimum atomic E-state index is -4.55. The Kier molecular flexibility index (Phi) is 5.73. The average molecular weight is 444 g/mol. The van der Waals surface area contributed by atoms with Gasteiger partial charge in [0, 0.05) is 23.0 Å². The Morgan fingerprint density at radius 3 is 2.25 bits per heavy atom. The predicted molar refractivity (Wildman–Crippen MR) is 111 cm³/mol. The second kappa shape index (κ2) is 8.35. The Bertz CT molecular complexity index is 1120. The van der Waals surface area contributed by atoms with Gasteiger partial charge in [-0.05, 0) is 48.7 Å². The number of aromatic nitrogens is 1. The first-order valence-corrected chi connectivity index (χ1v) is 10.1. The quantitative estimate of drug-likeness (QED) is 0.514. The highest BCUT2D eigenvalue weighted by Crippen LogP contribution is 2.45. The van der Waals surface area contributed by atoms with Crippen molar-refractivity contribution in [3.05, 3.63) is 83.3 Å². The number of nitrogens with one attached hydrogen (secondary N) is 1. The van der Waals surface area contributed by atoms with Crippen molar-refractivity contribution < 1.29 is 27.5 Å². The number of halogens is 4. The Hall–Kier alpha value is -3.26. The zero-order valence-electron chi connectivity index (χ0n) is 16.9. The molecule has 1 saturated carbocycles. The van der Waals surface area contributed by atoms with Crippen molar-refractivity contribution in [3.8, 4) is 11.3 Å². The summed E-state index contributed by atoms with van der Waals surface area (Å²) in [7, 11) is 0. The van der Waals surface area contributed by atoms with Crippen molar-refractivity contribution in [2.75, 3.05) is 5.32 Å². The number of aliphatic hydroxyl groups is 1. The maximum atomic E-state index is 13.1. The third-order valence-electron chi connectivity index (χ3n) is 5.92. The van der Waals surface area contributed by atoms with E-state index in [1.165, 1.54) is 24.3 Å². The number of rotatable bonds is 5. The molecular weight excluding hydrogens is 424 g/mol. The summed E-state index contributed by atoms with van der Waals surface area (Å²) in [6, 6.07) is 13.3. The van der Waals surface area contributed by atoms with Crippen LogP contribution in [-0.2, 0) is 23.0 Å². The van der Waals surface area contributed by atoms with Crippen LogP contribution >= 0.6 is 0 Å². The number of benzene rings is 2. The third-order valence-corrected chi connectivity index (χ3v) is 5.92. The normalized spacial score (nSPS) is 15.2. The van der Waals surface area contributed by atoms with Crippen LogP contribution in [-0.4, -0.2) is 16.0 Å². The molecule has 0 aliphatic heterocycles. The summed E-state index contributed by atoms with van der Waals surface area (Å²) in [4.78, 5) is 17.0. The molecule has 1 aliphatic rings. The molecule has 2 aromatic carbocycles. The van der Waals surface area contributed by atoms with Gasteiger partial charge in [0.2, 0.25) is 5.91 Å². The fraction of sp³-hybridized carbons (Fsp3) is 0.250. The number of carbonyl (C=O) groups excluding carboxylic acids is 1. The second-order valence-electron chi connectivity index (χ2n) is 7.86. The summed E-state index contributed by atoms with van der Waals surface area (Å²) in [6.45, 7) is -0.585. The fourth-order valence-corrected chi connectivity index (χ4v) is 3.95. The smallest absolute Gasteiger partial charge is 0.392 e. The Morgan fingerprint density at radius 2 is 1.72 bits per heavy atom. The zero-order valence-corrected chi connectivity index (χ0v) is 16.9. The van der Waals surface area contributed by atoms with E-state index in [2.05, 4.69) is 10.3 Å². The van der Waals surface area contributed by atoms with Gasteiger partial charge in [-0.25, -0.2) is 4.39 Å². The van der Waals surface area contributed by atoms with Gasteiger partial charge in [0.1, 0.15) is 5.82 Å². The molecule has 1 fully saturated rings. The number of carbonyl (C=O) groups is 1. The van der Waals surface area contributed by atoms with Crippen molar-refractivity contribution in [2.45, 2.75) is 37.5 Å². The lowest BCUT2D eigenvalue weighted by molar-refractivity contribution is -0.137. The van der Waals surface area contributed by atoms with Gasteiger partial charge in [-0.15, -0.1) is 0 Å². The molecule has 1 heterocycles. The van der Waals surface area contributed by atoms with E-state index in [0.29, 0.717) is 24.1 Å². The van der Waals surface area contributed by atoms with Gasteiger partial charge in [0.15, 0.2) is 0 Å². The summed E-state index contributed by atoms with van der Waals surface area (Å²) in [5.74, 6) is -0.581. The molecule has 1 aliphatic carbocycles. The Morgan fingerprint density at radius 1 is 1.06 bits per heavy atom. The van der Waals surface area contributed by atoms with Gasteiger partial charge in [-0.1, -0.05) is 30.7 Å². The van der Waals surface area contributed by atoms with E-state index >= 15 is 0 Å². The van der Waals surface area contributed by atoms with Gasteiger partial charge in [0.05, 0.1) is 23.3 Å². The SMILES string of the molecule is O=C(Nc1ccc(F)cc1)C1(c2ccc(-c3ncc(C(F)(F)F)cc3CO)cc2)CCC1. The molecular formula is C24H20F4N2O2. The summed E-state index contributed by atoms with van der Waals surface area (Å²) in [5, 5.41) is 12.4. The lowest BCUT2D eigenvalue weighted by Crippen LogP contribution is -2.46. The maximum absolute atomic E-state index is 13.1. The highest BCUT2D eigenvalue weighted by molar-refractivity contribution is 6.00. The summed E-state index contributed by atoms with van der Waals surface area (Å²) >= 11 is 0. The van der Waals surface area contributed by atoms with Gasteiger partial charge < -0.3 is 10.4 Å². The van der Waals surface area contributed by atoms with Gasteiger partial charge >= 0.3 is 6.18 Å². The van der Waals surface area contributed by atoms with Crippen LogP contribution in [0.5, 0.6) is 0 Å². The number of alkyl halides is 3. The minimum Gasteiger partial charge on any atom is -0.392 e. The Labute approximate surface area is 181 Å². The molecule has 166 valence electrons. The number of aliphatic hydroxyl groups excluding tert-OH is 1. The third kappa shape index (κ3) is 4.10. The molecule has 1 amide bonds. The van der Waals surface area contributed by atoms with Crippen LogP contribution in [0.2, 0.25) is 0 Å². The predicted octanol–water partition coefficient (Wildman–Crippen LogP) is 5.46. The molecule has 0 radical (unpaired) electrons. The monoisotopic (exact) mass is 444 g/mol. The molecule has 0 bridgehead atoms. The summed E-state index contributed by atoms with van der Waals surface area (Å²) < 4.78 is 51.9. The number of nitrogens with zero attached hydrogens (tertiary/aromatic N) is 1. The second-order valence-corrected chi connectivity index (χ2v) is 7.86. The number of hydrogen-bond donors (Lipinski definition) is 2. The van der Waals surface area contributed by atoms with Crippen molar-refractivity contribution in [3.63, 3.8) is 0 Å². The van der Waals surface area contributed by atoms with Gasteiger partial charge in [-0.3, -0.25) is 9.78 Å². The fourth-order valence-electron chi connectivity index (χ4n) is 3.95. The van der Waals surface area contributed by atoms with Crippen LogP contribution in [0.15, 0.2) is 60.8 Å². The number of pyridine rings is 1. The molecule has 8 heteroatoms. The largest absolute Gasteiger partial charge is 0.417 e. The van der Waals surface area contributed by atoms with Crippen molar-refractivity contribution in [2.24, 2.45) is 0 Å². The summed E-state index contributed by atoms with van der Waals surface area (Å²) in [5.41, 5.74) is 0.504. The molecule has 3 aromatic rings. The van der Waals surface area contributed by atoms with E-state index in [-0.39, 0.29) is 17.2 Å². The number of anilines is 1. The van der Waals surface area contributed by atoms with E-state index in [0.717, 1.165) is 24.2 Å². The first kappa shape index (κ1) is 22.0. The van der Waals surface area contributed by atoms with E-state index in [1.807, 2.05) is 0 Å². The topological polar surface area (TPSA) is 62.2 Å². The van der Waals surface area contributed by atoms with Crippen molar-refractivity contribution in [1.82, 2.24) is 4.98 Å². The van der Waals surface area contributed by atoms with Crippen LogP contribution in [0.1, 0.15) is 36.0 Å². The molecule has 0 saturated heterocycles. The molecule has 2 N–H and O–H groups in total. The van der Waals surface area contributed by atoms with Gasteiger partial charge in [0.25, 0.3) is 0 Å². The van der Waals surface area contributed by atoms with Crippen LogP contribution in [0.25, 0.3) is 11.3 Å². The van der Waals surface area contributed by atoms with E-state index in [9.17, 15) is 27.5 Å². The van der Waals surface area contributed by atoms with Crippen LogP contribution < -0.4 is 5.32 Å². The van der Waals surface area contributed by atoms with Crippen LogP contribution in [0.4, 0.5) is 23.2 Å². The summed E-state index contributed by atoms with van der Waals surface area (Å²) in [6.07, 6.45) is -1.62. The van der Waals surface area contributed by atoms with E-state index in [1.54, 1.807) is 24.3 Å². The maximum Gasteiger partial charge on any atom is 0.417 e. The molecule has 0 atom stereocenters. The van der Waals surface area contributed by atoms with Crippen LogP contribution in [0, 0.1) is 5.82 Å². The Balaban J connectivity index is 1.60. The van der Waals surface area contributed by atoms with Crippen molar-refractivity contribution in [1.29, 1.82) is 0 Å². The lowest BCUT2D eigenvalue weighted by Gasteiger charge is -2.40. The highest BCUT2D eigenvalue weighted by atomic mass is 19.4. The standard InChI is InChI=1S/C24H20F4N2O2/c25-19-6-8-20(9-7-19)30-22(32)23(10-1-11-23)17-4-2-15(3-5-17)21-16(14-31)12-18(13-29-21)24(26,27)28/h2-9,12-13,31H,1,10-11,14H2,(H,30,32). The van der Waals surface area contributed by atoms with Crippen molar-refractivity contribution >= 4 is 11.6 Å². The lowest BCUT2D eigenvalue weighted by atomic mass is 9.63. The average Bonchev–Trinajstić information content (AvgIpc) is 2.74. The first-order chi connectivity index (χ1) is 15.2. The van der Waals surface area contributed by atoms with E-state index in [4.69, 9.17) is 0 Å². The zero-order chi connectivity index (χ0) is 22.9. The number of hydrogen-bond acceptors (Lipinski definition) is 3. The minimum absolute atomic E-state index is 0.0694. The van der Waals surface area contributed by atoms with E-state index < -0.39 is 29.6 Å². The van der Waals surface area contributed by atoms with Crippen LogP contribution in [0.3, 0.4) is 0 Å². The molecule has 32 heavy (non-hydrogen) atoms.